The van der Waals surface area contributed by atoms with E-state index in [4.69, 9.17) is 4.74 Å². The molecular formula is C23H32N2O5S. The van der Waals surface area contributed by atoms with Gasteiger partial charge in [-0.3, -0.25) is 14.4 Å². The van der Waals surface area contributed by atoms with Gasteiger partial charge in [-0.05, 0) is 26.2 Å². The molecule has 2 fully saturated rings. The molecule has 1 N–H and O–H groups in total. The first-order chi connectivity index (χ1) is 14.9. The van der Waals surface area contributed by atoms with E-state index in [-0.39, 0.29) is 24.4 Å². The van der Waals surface area contributed by atoms with Crippen LogP contribution in [0.2, 0.25) is 0 Å². The number of hydrogen-bond acceptors (Lipinski definition) is 6. The topological polar surface area (TPSA) is 87.2 Å². The number of fused-ring (bicyclic) bond motifs is 2. The SMILES string of the molecule is CCCCN1CC=C[C@]23S[C@]4(C)C=CCCOC(=O)[C@@H]4[C@H]2C(=O)N(CCCO)C3C1=O. The maximum atomic E-state index is 13.8. The highest BCUT2D eigenvalue weighted by atomic mass is 32.2. The number of cyclic esters (lactones) is 1. The second kappa shape index (κ2) is 8.62. The van der Waals surface area contributed by atoms with Crippen LogP contribution in [0.1, 0.15) is 39.5 Å². The average Bonchev–Trinajstić information content (AvgIpc) is 3.05. The molecule has 1 unspecified atom stereocenters. The lowest BCUT2D eigenvalue weighted by Crippen LogP contribution is -2.53. The summed E-state index contributed by atoms with van der Waals surface area (Å²) in [5.41, 5.74) is 0. The highest BCUT2D eigenvalue weighted by Gasteiger charge is 2.73. The van der Waals surface area contributed by atoms with E-state index in [2.05, 4.69) is 6.92 Å². The Hall–Kier alpha value is -1.80. The van der Waals surface area contributed by atoms with Crippen molar-refractivity contribution in [1.29, 1.82) is 0 Å². The number of nitrogens with zero attached hydrogens (tertiary/aromatic N) is 2. The lowest BCUT2D eigenvalue weighted by atomic mass is 9.74. The van der Waals surface area contributed by atoms with E-state index in [0.717, 1.165) is 12.8 Å². The number of carbonyl (C=O) groups excluding carboxylic acids is 3. The van der Waals surface area contributed by atoms with Crippen LogP contribution in [-0.2, 0) is 19.1 Å². The summed E-state index contributed by atoms with van der Waals surface area (Å²) in [5, 5.41) is 9.40. The van der Waals surface area contributed by atoms with Gasteiger partial charge >= 0.3 is 5.97 Å². The standard InChI is InChI=1S/C23H32N2O5S/c1-3-4-11-24-12-7-10-23-16(19(27)25(13-8-14-26)18(23)20(24)28)17-21(29)30-15-6-5-9-22(17,2)31-23/h5,7,9-10,16-18,26H,3-4,6,8,11-15H2,1-2H3/t16-,17-,18?,22+,23-/m0/s1. The maximum absolute atomic E-state index is 13.8. The molecule has 0 saturated carbocycles. The number of thioether (sulfide) groups is 1. The smallest absolute Gasteiger partial charge is 0.311 e. The molecule has 5 atom stereocenters. The van der Waals surface area contributed by atoms with Crippen molar-refractivity contribution in [2.75, 3.05) is 32.8 Å². The molecule has 0 aromatic carbocycles. The predicted molar refractivity (Wildman–Crippen MR) is 118 cm³/mol. The predicted octanol–water partition coefficient (Wildman–Crippen LogP) is 1.76. The Morgan fingerprint density at radius 1 is 1.13 bits per heavy atom. The van der Waals surface area contributed by atoms with Crippen molar-refractivity contribution in [2.24, 2.45) is 11.8 Å². The monoisotopic (exact) mass is 448 g/mol. The third-order valence-corrected chi connectivity index (χ3v) is 8.74. The minimum atomic E-state index is -0.822. The molecular weight excluding hydrogens is 416 g/mol. The van der Waals surface area contributed by atoms with Gasteiger partial charge < -0.3 is 19.6 Å². The number of aliphatic hydroxyl groups excluding tert-OH is 1. The van der Waals surface area contributed by atoms with Gasteiger partial charge in [-0.2, -0.15) is 0 Å². The Labute approximate surface area is 187 Å². The van der Waals surface area contributed by atoms with Gasteiger partial charge in [-0.1, -0.05) is 37.6 Å². The molecule has 2 amide bonds. The molecule has 2 saturated heterocycles. The molecule has 0 bridgehead atoms. The zero-order chi connectivity index (χ0) is 22.2. The van der Waals surface area contributed by atoms with Gasteiger partial charge in [0.1, 0.15) is 6.04 Å². The Morgan fingerprint density at radius 2 is 1.94 bits per heavy atom. The minimum absolute atomic E-state index is 0.0587. The maximum Gasteiger partial charge on any atom is 0.311 e. The number of carbonyl (C=O) groups is 3. The number of unbranched alkanes of at least 4 members (excludes halogenated alkanes) is 1. The quantitative estimate of drug-likeness (QED) is 0.492. The normalized spacial score (nSPS) is 37.1. The fraction of sp³-hybridized carbons (Fsp3) is 0.696. The Balaban J connectivity index is 1.81. The number of esters is 1. The number of hydrogen-bond donors (Lipinski definition) is 1. The lowest BCUT2D eigenvalue weighted by molar-refractivity contribution is -0.154. The number of amides is 2. The van der Waals surface area contributed by atoms with Crippen molar-refractivity contribution >= 4 is 29.5 Å². The van der Waals surface area contributed by atoms with Crippen LogP contribution in [-0.4, -0.2) is 81.1 Å². The Morgan fingerprint density at radius 3 is 2.68 bits per heavy atom. The number of aliphatic hydroxyl groups is 1. The Kier molecular flexibility index (Phi) is 6.23. The van der Waals surface area contributed by atoms with E-state index in [1.807, 2.05) is 36.1 Å². The van der Waals surface area contributed by atoms with Gasteiger partial charge in [0.15, 0.2) is 0 Å². The summed E-state index contributed by atoms with van der Waals surface area (Å²) in [6.07, 6.45) is 11.0. The van der Waals surface area contributed by atoms with Crippen molar-refractivity contribution in [3.8, 4) is 0 Å². The largest absolute Gasteiger partial charge is 0.465 e. The lowest BCUT2D eigenvalue weighted by Gasteiger charge is -2.37. The molecule has 4 aliphatic heterocycles. The molecule has 8 heteroatoms. The van der Waals surface area contributed by atoms with Crippen LogP contribution in [0.15, 0.2) is 24.3 Å². The van der Waals surface area contributed by atoms with E-state index < -0.39 is 27.4 Å². The molecule has 4 rings (SSSR count). The van der Waals surface area contributed by atoms with Crippen molar-refractivity contribution in [3.05, 3.63) is 24.3 Å². The van der Waals surface area contributed by atoms with Crippen molar-refractivity contribution in [2.45, 2.75) is 55.1 Å². The molecule has 0 radical (unpaired) electrons. The van der Waals surface area contributed by atoms with Gasteiger partial charge in [-0.15, -0.1) is 11.8 Å². The van der Waals surface area contributed by atoms with Crippen LogP contribution in [0.25, 0.3) is 0 Å². The minimum Gasteiger partial charge on any atom is -0.465 e. The third kappa shape index (κ3) is 3.52. The van der Waals surface area contributed by atoms with Gasteiger partial charge in [0, 0.05) is 31.0 Å². The second-order valence-corrected chi connectivity index (χ2v) is 10.8. The second-order valence-electron chi connectivity index (χ2n) is 9.00. The van der Waals surface area contributed by atoms with Gasteiger partial charge in [0.05, 0.1) is 23.2 Å². The van der Waals surface area contributed by atoms with Gasteiger partial charge in [0.25, 0.3) is 0 Å². The highest BCUT2D eigenvalue weighted by molar-refractivity contribution is 8.02. The van der Waals surface area contributed by atoms with E-state index in [1.165, 1.54) is 0 Å². The van der Waals surface area contributed by atoms with Crippen LogP contribution >= 0.6 is 11.8 Å². The van der Waals surface area contributed by atoms with Gasteiger partial charge in [-0.25, -0.2) is 0 Å². The molecule has 4 aliphatic rings. The fourth-order valence-corrected chi connectivity index (χ4v) is 7.72. The Bertz CT molecular complexity index is 814. The van der Waals surface area contributed by atoms with E-state index >= 15 is 0 Å². The first kappa shape index (κ1) is 22.4. The molecule has 170 valence electrons. The third-order valence-electron chi connectivity index (χ3n) is 6.94. The van der Waals surface area contributed by atoms with Crippen LogP contribution in [0.4, 0.5) is 0 Å². The summed E-state index contributed by atoms with van der Waals surface area (Å²) in [6, 6.07) is -0.677. The van der Waals surface area contributed by atoms with Crippen LogP contribution in [0.3, 0.4) is 0 Å². The van der Waals surface area contributed by atoms with Crippen molar-refractivity contribution in [1.82, 2.24) is 9.80 Å². The van der Waals surface area contributed by atoms with Crippen LogP contribution in [0.5, 0.6) is 0 Å². The number of rotatable bonds is 6. The van der Waals surface area contributed by atoms with Crippen LogP contribution < -0.4 is 0 Å². The molecule has 31 heavy (non-hydrogen) atoms. The molecule has 1 spiro atoms. The van der Waals surface area contributed by atoms with Crippen molar-refractivity contribution in [3.63, 3.8) is 0 Å². The average molecular weight is 449 g/mol. The summed E-state index contributed by atoms with van der Waals surface area (Å²) in [5.74, 6) is -1.91. The summed E-state index contributed by atoms with van der Waals surface area (Å²) >= 11 is 1.56. The fourth-order valence-electron chi connectivity index (χ4n) is 5.57. The first-order valence-corrected chi connectivity index (χ1v) is 12.1. The number of likely N-dealkylation sites (tertiary alicyclic amines) is 1. The summed E-state index contributed by atoms with van der Waals surface area (Å²) < 4.78 is 4.07. The molecule has 0 aromatic rings. The number of ether oxygens (including phenoxy) is 1. The summed E-state index contributed by atoms with van der Waals surface area (Å²) in [6.45, 7) is 5.77. The summed E-state index contributed by atoms with van der Waals surface area (Å²) in [4.78, 5) is 44.1. The first-order valence-electron chi connectivity index (χ1n) is 11.3. The molecule has 0 aliphatic carbocycles. The van der Waals surface area contributed by atoms with E-state index in [0.29, 0.717) is 39.1 Å². The van der Waals surface area contributed by atoms with E-state index in [9.17, 15) is 19.5 Å². The highest BCUT2D eigenvalue weighted by Crippen LogP contribution is 2.65. The zero-order valence-electron chi connectivity index (χ0n) is 18.3. The van der Waals surface area contributed by atoms with E-state index in [1.54, 1.807) is 16.7 Å². The summed E-state index contributed by atoms with van der Waals surface area (Å²) in [7, 11) is 0. The van der Waals surface area contributed by atoms with Gasteiger partial charge in [0.2, 0.25) is 11.8 Å². The van der Waals surface area contributed by atoms with Crippen molar-refractivity contribution < 1.29 is 24.2 Å². The molecule has 4 heterocycles. The molecule has 0 aromatic heterocycles. The zero-order valence-corrected chi connectivity index (χ0v) is 19.1. The molecule has 7 nitrogen and oxygen atoms in total. The van der Waals surface area contributed by atoms with Crippen LogP contribution in [0, 0.1) is 11.8 Å².